The number of nitro groups is 1. The van der Waals surface area contributed by atoms with Crippen molar-refractivity contribution in [3.63, 3.8) is 0 Å². The maximum absolute atomic E-state index is 11.5. The Morgan fingerprint density at radius 3 is 2.50 bits per heavy atom. The molecule has 0 radical (unpaired) electrons. The summed E-state index contributed by atoms with van der Waals surface area (Å²) in [6.07, 6.45) is 0.623. The molecule has 7 nitrogen and oxygen atoms in total. The maximum atomic E-state index is 11.5. The number of sulfone groups is 1. The van der Waals surface area contributed by atoms with E-state index in [-0.39, 0.29) is 35.9 Å². The van der Waals surface area contributed by atoms with E-state index in [1.165, 1.54) is 0 Å². The zero-order valence-electron chi connectivity index (χ0n) is 12.5. The van der Waals surface area contributed by atoms with Crippen LogP contribution in [-0.4, -0.2) is 43.5 Å². The lowest BCUT2D eigenvalue weighted by Gasteiger charge is -2.28. The minimum absolute atomic E-state index is 0.0133. The van der Waals surface area contributed by atoms with Crippen molar-refractivity contribution < 1.29 is 18.1 Å². The van der Waals surface area contributed by atoms with Crippen LogP contribution in [0.4, 0.5) is 11.4 Å². The zero-order valence-corrected chi connectivity index (χ0v) is 13.4. The number of hydrogen-bond acceptors (Lipinski definition) is 6. The lowest BCUT2D eigenvalue weighted by molar-refractivity contribution is -0.384. The van der Waals surface area contributed by atoms with E-state index in [4.69, 9.17) is 4.74 Å². The van der Waals surface area contributed by atoms with Crippen molar-refractivity contribution in [2.45, 2.75) is 25.9 Å². The van der Waals surface area contributed by atoms with Gasteiger partial charge in [-0.25, -0.2) is 8.42 Å². The standard InChI is InChI=1S/C14H18N2O5S/c1-14(2)9-10-7-12(16(17)18)11(8-13(10)21-14)15-3-5-22(19,20)6-4-15/h7-8H,3-6,9H2,1-2H3. The number of hydrogen-bond donors (Lipinski definition) is 0. The van der Waals surface area contributed by atoms with Crippen LogP contribution in [0.1, 0.15) is 19.4 Å². The number of ether oxygens (including phenoxy) is 1. The van der Waals surface area contributed by atoms with Crippen LogP contribution in [0.5, 0.6) is 5.75 Å². The van der Waals surface area contributed by atoms with Crippen molar-refractivity contribution >= 4 is 21.2 Å². The quantitative estimate of drug-likeness (QED) is 0.605. The minimum atomic E-state index is -3.03. The number of nitro benzene ring substituents is 1. The molecule has 0 spiro atoms. The summed E-state index contributed by atoms with van der Waals surface area (Å²) in [5, 5.41) is 11.4. The van der Waals surface area contributed by atoms with Gasteiger partial charge in [-0.3, -0.25) is 10.1 Å². The average molecular weight is 326 g/mol. The Bertz CT molecular complexity index is 728. The first-order valence-electron chi connectivity index (χ1n) is 7.13. The summed E-state index contributed by atoms with van der Waals surface area (Å²) in [6.45, 7) is 4.41. The highest BCUT2D eigenvalue weighted by Gasteiger charge is 2.35. The van der Waals surface area contributed by atoms with Gasteiger partial charge in [-0.15, -0.1) is 0 Å². The first kappa shape index (κ1) is 15.1. The molecule has 0 aliphatic carbocycles. The Hall–Kier alpha value is -1.83. The molecule has 1 aromatic carbocycles. The van der Waals surface area contributed by atoms with E-state index in [2.05, 4.69) is 0 Å². The van der Waals surface area contributed by atoms with Gasteiger partial charge in [0.25, 0.3) is 5.69 Å². The van der Waals surface area contributed by atoms with E-state index >= 15 is 0 Å². The molecule has 8 heteroatoms. The largest absolute Gasteiger partial charge is 0.487 e. The van der Waals surface area contributed by atoms with Crippen LogP contribution in [0, 0.1) is 10.1 Å². The fraction of sp³-hybridized carbons (Fsp3) is 0.571. The Kier molecular flexibility index (Phi) is 3.32. The molecule has 120 valence electrons. The molecule has 1 aromatic rings. The maximum Gasteiger partial charge on any atom is 0.293 e. The number of rotatable bonds is 2. The summed E-state index contributed by atoms with van der Waals surface area (Å²) < 4.78 is 28.9. The third kappa shape index (κ3) is 2.75. The van der Waals surface area contributed by atoms with Crippen LogP contribution >= 0.6 is 0 Å². The van der Waals surface area contributed by atoms with E-state index in [9.17, 15) is 18.5 Å². The van der Waals surface area contributed by atoms with E-state index < -0.39 is 14.8 Å². The Labute approximate surface area is 128 Å². The lowest BCUT2D eigenvalue weighted by atomic mass is 10.0. The fourth-order valence-electron chi connectivity index (χ4n) is 2.98. The van der Waals surface area contributed by atoms with Crippen LogP contribution in [0.3, 0.4) is 0 Å². The molecule has 0 unspecified atom stereocenters. The second-order valence-electron chi connectivity index (χ2n) is 6.38. The van der Waals surface area contributed by atoms with Gasteiger partial charge in [0.1, 0.15) is 17.0 Å². The van der Waals surface area contributed by atoms with E-state index in [0.717, 1.165) is 5.56 Å². The smallest absolute Gasteiger partial charge is 0.293 e. The predicted octanol–water partition coefficient (Wildman–Crippen LogP) is 1.54. The monoisotopic (exact) mass is 326 g/mol. The third-order valence-corrected chi connectivity index (χ3v) is 5.65. The average Bonchev–Trinajstić information content (AvgIpc) is 2.70. The predicted molar refractivity (Wildman–Crippen MR) is 82.4 cm³/mol. The van der Waals surface area contributed by atoms with Crippen molar-refractivity contribution in [3.8, 4) is 5.75 Å². The summed E-state index contributed by atoms with van der Waals surface area (Å²) in [6, 6.07) is 3.24. The minimum Gasteiger partial charge on any atom is -0.487 e. The summed E-state index contributed by atoms with van der Waals surface area (Å²) >= 11 is 0. The highest BCUT2D eigenvalue weighted by atomic mass is 32.2. The van der Waals surface area contributed by atoms with Crippen LogP contribution < -0.4 is 9.64 Å². The molecule has 0 N–H and O–H groups in total. The molecule has 0 bridgehead atoms. The Morgan fingerprint density at radius 2 is 1.91 bits per heavy atom. The first-order valence-corrected chi connectivity index (χ1v) is 8.95. The molecule has 0 atom stereocenters. The zero-order chi connectivity index (χ0) is 16.1. The van der Waals surface area contributed by atoms with Crippen molar-refractivity contribution in [2.75, 3.05) is 29.5 Å². The molecule has 0 amide bonds. The van der Waals surface area contributed by atoms with Crippen LogP contribution in [0.25, 0.3) is 0 Å². The van der Waals surface area contributed by atoms with Gasteiger partial charge in [0.15, 0.2) is 9.84 Å². The molecular weight excluding hydrogens is 308 g/mol. The Balaban J connectivity index is 1.99. The van der Waals surface area contributed by atoms with E-state index in [1.54, 1.807) is 17.0 Å². The molecule has 2 aliphatic rings. The molecule has 2 aliphatic heterocycles. The summed E-state index contributed by atoms with van der Waals surface area (Å²) in [7, 11) is -3.03. The van der Waals surface area contributed by atoms with Gasteiger partial charge >= 0.3 is 0 Å². The number of fused-ring (bicyclic) bond motifs is 1. The summed E-state index contributed by atoms with van der Waals surface area (Å²) in [4.78, 5) is 12.7. The van der Waals surface area contributed by atoms with Gasteiger partial charge in [-0.1, -0.05) is 0 Å². The number of anilines is 1. The molecule has 1 saturated heterocycles. The molecule has 3 rings (SSSR count). The van der Waals surface area contributed by atoms with Crippen LogP contribution in [0.2, 0.25) is 0 Å². The van der Waals surface area contributed by atoms with Gasteiger partial charge in [0, 0.05) is 37.2 Å². The second-order valence-corrected chi connectivity index (χ2v) is 8.69. The SMILES string of the molecule is CC1(C)Cc2cc([N+](=O)[O-])c(N3CCS(=O)(=O)CC3)cc2O1. The normalized spacial score (nSPS) is 22.0. The fourth-order valence-corrected chi connectivity index (χ4v) is 4.18. The van der Waals surface area contributed by atoms with Crippen molar-refractivity contribution in [1.82, 2.24) is 0 Å². The van der Waals surface area contributed by atoms with Crippen molar-refractivity contribution in [1.29, 1.82) is 0 Å². The van der Waals surface area contributed by atoms with Crippen LogP contribution in [0.15, 0.2) is 12.1 Å². The first-order chi connectivity index (χ1) is 10.2. The van der Waals surface area contributed by atoms with Crippen LogP contribution in [-0.2, 0) is 16.3 Å². The highest BCUT2D eigenvalue weighted by Crippen LogP contribution is 2.42. The van der Waals surface area contributed by atoms with E-state index in [1.807, 2.05) is 13.8 Å². The second kappa shape index (κ2) is 4.84. The lowest BCUT2D eigenvalue weighted by Crippen LogP contribution is -2.40. The van der Waals surface area contributed by atoms with Gasteiger partial charge in [-0.05, 0) is 13.8 Å². The van der Waals surface area contributed by atoms with E-state index in [0.29, 0.717) is 17.9 Å². The molecule has 0 aromatic heterocycles. The molecule has 2 heterocycles. The summed E-state index contributed by atoms with van der Waals surface area (Å²) in [5.41, 5.74) is 0.904. The number of nitrogens with zero attached hydrogens (tertiary/aromatic N) is 2. The molecule has 22 heavy (non-hydrogen) atoms. The summed E-state index contributed by atoms with van der Waals surface area (Å²) in [5.74, 6) is 0.695. The van der Waals surface area contributed by atoms with Gasteiger partial charge in [-0.2, -0.15) is 0 Å². The molecule has 1 fully saturated rings. The van der Waals surface area contributed by atoms with Gasteiger partial charge in [0.05, 0.1) is 16.4 Å². The van der Waals surface area contributed by atoms with Crippen molar-refractivity contribution in [2.24, 2.45) is 0 Å². The van der Waals surface area contributed by atoms with Crippen molar-refractivity contribution in [3.05, 3.63) is 27.8 Å². The third-order valence-electron chi connectivity index (χ3n) is 4.04. The van der Waals surface area contributed by atoms with Gasteiger partial charge < -0.3 is 9.64 Å². The topological polar surface area (TPSA) is 89.8 Å². The molecular formula is C14H18N2O5S. The van der Waals surface area contributed by atoms with Gasteiger partial charge in [0.2, 0.25) is 0 Å². The highest BCUT2D eigenvalue weighted by molar-refractivity contribution is 7.91. The Morgan fingerprint density at radius 1 is 1.27 bits per heavy atom. The number of benzene rings is 1. The molecule has 0 saturated carbocycles.